The van der Waals surface area contributed by atoms with Crippen LogP contribution in [0.15, 0.2) is 18.2 Å². The minimum Gasteiger partial charge on any atom is -0.378 e. The molecule has 0 unspecified atom stereocenters. The molecule has 0 amide bonds. The van der Waals surface area contributed by atoms with E-state index in [0.717, 1.165) is 41.8 Å². The van der Waals surface area contributed by atoms with Crippen LogP contribution in [0.1, 0.15) is 43.2 Å². The quantitative estimate of drug-likeness (QED) is 0.695. The molecule has 0 bridgehead atoms. The Bertz CT molecular complexity index is 462. The third-order valence-corrected chi connectivity index (χ3v) is 3.70. The monoisotopic (exact) mass is 248 g/mol. The fourth-order valence-electron chi connectivity index (χ4n) is 2.12. The minimum absolute atomic E-state index is 0.729. The largest absolute Gasteiger partial charge is 0.378 e. The van der Waals surface area contributed by atoms with E-state index < -0.39 is 5.60 Å². The highest BCUT2D eigenvalue weighted by atomic mass is 35.5. The molecule has 2 rings (SSSR count). The maximum Gasteiger partial charge on any atom is 0.125 e. The smallest absolute Gasteiger partial charge is 0.125 e. The Morgan fingerprint density at radius 3 is 2.59 bits per heavy atom. The van der Waals surface area contributed by atoms with E-state index in [9.17, 15) is 5.11 Å². The average molecular weight is 249 g/mol. The van der Waals surface area contributed by atoms with Crippen molar-refractivity contribution < 1.29 is 5.11 Å². The van der Waals surface area contributed by atoms with Crippen molar-refractivity contribution in [3.8, 4) is 11.8 Å². The first-order valence-electron chi connectivity index (χ1n) is 6.11. The van der Waals surface area contributed by atoms with Gasteiger partial charge in [-0.15, -0.1) is 0 Å². The number of rotatable bonds is 0. The van der Waals surface area contributed by atoms with Crippen LogP contribution in [0.2, 0.25) is 5.02 Å². The lowest BCUT2D eigenvalue weighted by Crippen LogP contribution is -2.29. The Balaban J connectivity index is 2.17. The number of hydrogen-bond donors (Lipinski definition) is 1. The molecule has 1 aliphatic rings. The van der Waals surface area contributed by atoms with Crippen molar-refractivity contribution >= 4 is 11.6 Å². The lowest BCUT2D eigenvalue weighted by Gasteiger charge is -2.26. The van der Waals surface area contributed by atoms with Gasteiger partial charge >= 0.3 is 0 Å². The molecular weight excluding hydrogens is 232 g/mol. The van der Waals surface area contributed by atoms with Crippen LogP contribution in [0, 0.1) is 18.8 Å². The molecule has 1 N–H and O–H groups in total. The van der Waals surface area contributed by atoms with Gasteiger partial charge in [0.1, 0.15) is 5.60 Å². The van der Waals surface area contributed by atoms with Crippen LogP contribution in [-0.2, 0) is 0 Å². The highest BCUT2D eigenvalue weighted by molar-refractivity contribution is 6.31. The predicted octanol–water partition coefficient (Wildman–Crippen LogP) is 3.70. The van der Waals surface area contributed by atoms with Crippen molar-refractivity contribution in [1.29, 1.82) is 0 Å². The van der Waals surface area contributed by atoms with Gasteiger partial charge in [0.2, 0.25) is 0 Å². The van der Waals surface area contributed by atoms with Crippen LogP contribution in [0.4, 0.5) is 0 Å². The maximum absolute atomic E-state index is 10.2. The molecule has 0 heterocycles. The van der Waals surface area contributed by atoms with Crippen molar-refractivity contribution in [2.24, 2.45) is 0 Å². The second-order valence-electron chi connectivity index (χ2n) is 4.81. The van der Waals surface area contributed by atoms with Crippen LogP contribution in [0.3, 0.4) is 0 Å². The van der Waals surface area contributed by atoms with Gasteiger partial charge < -0.3 is 5.11 Å². The molecule has 2 heteroatoms. The van der Waals surface area contributed by atoms with Gasteiger partial charge in [0, 0.05) is 10.6 Å². The topological polar surface area (TPSA) is 20.2 Å². The first-order chi connectivity index (χ1) is 8.09. The molecule has 1 aromatic carbocycles. The van der Waals surface area contributed by atoms with Gasteiger partial charge in [0.05, 0.1) is 0 Å². The van der Waals surface area contributed by atoms with Crippen LogP contribution >= 0.6 is 11.6 Å². The van der Waals surface area contributed by atoms with Gasteiger partial charge in [-0.2, -0.15) is 0 Å². The maximum atomic E-state index is 10.2. The van der Waals surface area contributed by atoms with Crippen LogP contribution < -0.4 is 0 Å². The molecule has 0 saturated heterocycles. The van der Waals surface area contributed by atoms with E-state index in [1.165, 1.54) is 6.42 Å². The minimum atomic E-state index is -0.782. The molecule has 17 heavy (non-hydrogen) atoms. The fourth-order valence-corrected chi connectivity index (χ4v) is 2.30. The molecule has 0 atom stereocenters. The fraction of sp³-hybridized carbons (Fsp3) is 0.467. The van der Waals surface area contributed by atoms with Crippen molar-refractivity contribution in [2.45, 2.75) is 44.6 Å². The lowest BCUT2D eigenvalue weighted by atomic mass is 9.85. The van der Waals surface area contributed by atoms with E-state index in [4.69, 9.17) is 11.6 Å². The predicted molar refractivity (Wildman–Crippen MR) is 71.1 cm³/mol. The zero-order chi connectivity index (χ0) is 12.3. The molecule has 1 aliphatic carbocycles. The van der Waals surface area contributed by atoms with Crippen LogP contribution in [0.25, 0.3) is 0 Å². The number of aliphatic hydroxyl groups is 1. The summed E-state index contributed by atoms with van der Waals surface area (Å²) in [6.07, 6.45) is 4.93. The molecule has 0 radical (unpaired) electrons. The molecule has 1 nitrogen and oxygen atoms in total. The second-order valence-corrected chi connectivity index (χ2v) is 5.21. The van der Waals surface area contributed by atoms with Gasteiger partial charge in [-0.1, -0.05) is 35.9 Å². The van der Waals surface area contributed by atoms with E-state index in [2.05, 4.69) is 11.8 Å². The van der Waals surface area contributed by atoms with E-state index in [-0.39, 0.29) is 0 Å². The van der Waals surface area contributed by atoms with Crippen LogP contribution in [-0.4, -0.2) is 10.7 Å². The molecule has 90 valence electrons. The molecule has 1 fully saturated rings. The van der Waals surface area contributed by atoms with Crippen molar-refractivity contribution in [3.63, 3.8) is 0 Å². The Kier molecular flexibility index (Phi) is 3.76. The van der Waals surface area contributed by atoms with Gasteiger partial charge in [0.25, 0.3) is 0 Å². The molecule has 0 spiro atoms. The number of benzene rings is 1. The van der Waals surface area contributed by atoms with Gasteiger partial charge in [-0.3, -0.25) is 0 Å². The summed E-state index contributed by atoms with van der Waals surface area (Å²) in [5.41, 5.74) is 1.14. The van der Waals surface area contributed by atoms with Crippen LogP contribution in [0.5, 0.6) is 0 Å². The average Bonchev–Trinajstić information content (AvgIpc) is 2.32. The number of aryl methyl sites for hydroxylation is 1. The number of halogens is 1. The van der Waals surface area contributed by atoms with Gasteiger partial charge in [0.15, 0.2) is 0 Å². The molecular formula is C15H17ClO. The Morgan fingerprint density at radius 2 is 1.94 bits per heavy atom. The number of hydrogen-bond acceptors (Lipinski definition) is 1. The molecule has 0 aromatic heterocycles. The Morgan fingerprint density at radius 1 is 1.24 bits per heavy atom. The first kappa shape index (κ1) is 12.5. The summed E-state index contributed by atoms with van der Waals surface area (Å²) in [6.45, 7) is 1.97. The summed E-state index contributed by atoms with van der Waals surface area (Å²) in [6, 6.07) is 5.76. The summed E-state index contributed by atoms with van der Waals surface area (Å²) >= 11 is 6.04. The third kappa shape index (κ3) is 3.25. The van der Waals surface area contributed by atoms with E-state index in [1.54, 1.807) is 0 Å². The van der Waals surface area contributed by atoms with E-state index >= 15 is 0 Å². The summed E-state index contributed by atoms with van der Waals surface area (Å²) in [5, 5.41) is 11.0. The SMILES string of the molecule is Cc1ccc(C#CC2(O)CCCCC2)cc1Cl. The molecule has 1 aromatic rings. The molecule has 0 aliphatic heterocycles. The van der Waals surface area contributed by atoms with Gasteiger partial charge in [-0.05, 0) is 50.3 Å². The zero-order valence-corrected chi connectivity index (χ0v) is 10.8. The normalized spacial score (nSPS) is 18.3. The standard InChI is InChI=1S/C15H17ClO/c1-12-5-6-13(11-14(12)16)7-10-15(17)8-3-2-4-9-15/h5-6,11,17H,2-4,8-9H2,1H3. The van der Waals surface area contributed by atoms with Crippen molar-refractivity contribution in [2.75, 3.05) is 0 Å². The highest BCUT2D eigenvalue weighted by Crippen LogP contribution is 2.27. The summed E-state index contributed by atoms with van der Waals surface area (Å²) in [4.78, 5) is 0. The third-order valence-electron chi connectivity index (χ3n) is 3.29. The molecule has 1 saturated carbocycles. The van der Waals surface area contributed by atoms with Crippen molar-refractivity contribution in [1.82, 2.24) is 0 Å². The summed E-state index contributed by atoms with van der Waals surface area (Å²) < 4.78 is 0. The zero-order valence-electron chi connectivity index (χ0n) is 10.1. The van der Waals surface area contributed by atoms with Gasteiger partial charge in [-0.25, -0.2) is 0 Å². The Labute approximate surface area is 108 Å². The van der Waals surface area contributed by atoms with E-state index in [0.29, 0.717) is 0 Å². The van der Waals surface area contributed by atoms with E-state index in [1.807, 2.05) is 25.1 Å². The Hall–Kier alpha value is -0.970. The first-order valence-corrected chi connectivity index (χ1v) is 6.49. The highest BCUT2D eigenvalue weighted by Gasteiger charge is 2.26. The summed E-state index contributed by atoms with van der Waals surface area (Å²) in [7, 11) is 0. The summed E-state index contributed by atoms with van der Waals surface area (Å²) in [5.74, 6) is 6.05. The lowest BCUT2D eigenvalue weighted by molar-refractivity contribution is 0.0610. The second kappa shape index (κ2) is 5.12. The van der Waals surface area contributed by atoms with Crippen molar-refractivity contribution in [3.05, 3.63) is 34.3 Å².